The van der Waals surface area contributed by atoms with E-state index in [4.69, 9.17) is 4.74 Å². The van der Waals surface area contributed by atoms with Crippen LogP contribution in [0.25, 0.3) is 10.6 Å². The van der Waals surface area contributed by atoms with E-state index < -0.39 is 29.3 Å². The van der Waals surface area contributed by atoms with Crippen molar-refractivity contribution in [2.24, 2.45) is 5.41 Å². The highest BCUT2D eigenvalue weighted by atomic mass is 32.1. The molecular formula is C20H21N5O4S. The maximum absolute atomic E-state index is 13.1. The molecule has 2 fully saturated rings. The number of urea groups is 1. The van der Waals surface area contributed by atoms with Gasteiger partial charge in [-0.15, -0.1) is 10.2 Å². The summed E-state index contributed by atoms with van der Waals surface area (Å²) in [6.07, 6.45) is -0.277. The number of hydrogen-bond donors (Lipinski definition) is 2. The number of aryl methyl sites for hydroxylation is 1. The maximum Gasteiger partial charge on any atom is 0.328 e. The number of fused-ring (bicyclic) bond motifs is 4. The van der Waals surface area contributed by atoms with Crippen LogP contribution < -0.4 is 15.5 Å². The fourth-order valence-corrected chi connectivity index (χ4v) is 5.68. The maximum atomic E-state index is 13.1. The van der Waals surface area contributed by atoms with E-state index in [0.717, 1.165) is 26.8 Å². The number of barbiturate groups is 1. The van der Waals surface area contributed by atoms with Gasteiger partial charge >= 0.3 is 6.03 Å². The van der Waals surface area contributed by atoms with Gasteiger partial charge in [-0.05, 0) is 51.0 Å². The Labute approximate surface area is 176 Å². The zero-order valence-corrected chi connectivity index (χ0v) is 17.6. The second kappa shape index (κ2) is 6.58. The lowest BCUT2D eigenvalue weighted by molar-refractivity contribution is -0.153. The van der Waals surface area contributed by atoms with E-state index in [2.05, 4.69) is 25.7 Å². The van der Waals surface area contributed by atoms with Crippen LogP contribution in [0.15, 0.2) is 18.2 Å². The van der Waals surface area contributed by atoms with E-state index in [-0.39, 0.29) is 18.6 Å². The largest absolute Gasteiger partial charge is 0.372 e. The SMILES string of the molecule is Cc1nnc(-c2ccc3c(c2)CC2(C(=O)NC(=O)NC2=O)C2[C@@H](C)O[C@@H](C)CN32)s1. The molecule has 4 heterocycles. The lowest BCUT2D eigenvalue weighted by Gasteiger charge is -2.55. The van der Waals surface area contributed by atoms with E-state index in [1.54, 1.807) is 0 Å². The number of imide groups is 2. The molecule has 2 N–H and O–H groups in total. The molecule has 2 saturated heterocycles. The Kier molecular flexibility index (Phi) is 4.19. The smallest absolute Gasteiger partial charge is 0.328 e. The molecule has 3 aliphatic rings. The van der Waals surface area contributed by atoms with Gasteiger partial charge in [-0.3, -0.25) is 20.2 Å². The summed E-state index contributed by atoms with van der Waals surface area (Å²) in [7, 11) is 0. The molecule has 0 radical (unpaired) electrons. The first-order chi connectivity index (χ1) is 14.3. The first kappa shape index (κ1) is 19.1. The molecule has 0 saturated carbocycles. The number of nitrogens with zero attached hydrogens (tertiary/aromatic N) is 3. The molecule has 0 aliphatic carbocycles. The highest BCUT2D eigenvalue weighted by Crippen LogP contribution is 2.47. The van der Waals surface area contributed by atoms with Crippen LogP contribution in [0, 0.1) is 12.3 Å². The predicted octanol–water partition coefficient (Wildman–Crippen LogP) is 1.40. The van der Waals surface area contributed by atoms with E-state index in [0.29, 0.717) is 6.54 Å². The molecule has 10 heteroatoms. The van der Waals surface area contributed by atoms with Crippen LogP contribution in [0.1, 0.15) is 24.4 Å². The van der Waals surface area contributed by atoms with Crippen LogP contribution in [-0.4, -0.2) is 52.8 Å². The number of carbonyl (C=O) groups is 3. The Bertz CT molecular complexity index is 1060. The van der Waals surface area contributed by atoms with Crippen LogP contribution >= 0.6 is 11.3 Å². The van der Waals surface area contributed by atoms with Gasteiger partial charge < -0.3 is 9.64 Å². The number of hydrogen-bond acceptors (Lipinski definition) is 8. The third-order valence-electron chi connectivity index (χ3n) is 6.08. The van der Waals surface area contributed by atoms with Gasteiger partial charge in [0.1, 0.15) is 10.0 Å². The average molecular weight is 427 g/mol. The summed E-state index contributed by atoms with van der Waals surface area (Å²) in [5.74, 6) is -1.17. The summed E-state index contributed by atoms with van der Waals surface area (Å²) >= 11 is 1.48. The minimum atomic E-state index is -1.46. The topological polar surface area (TPSA) is 114 Å². The zero-order chi connectivity index (χ0) is 21.2. The minimum Gasteiger partial charge on any atom is -0.372 e. The Hall–Kier alpha value is -2.85. The molecule has 1 aromatic heterocycles. The lowest BCUT2D eigenvalue weighted by Crippen LogP contribution is -2.75. The number of carbonyl (C=O) groups excluding carboxylic acids is 3. The van der Waals surface area contributed by atoms with Crippen molar-refractivity contribution in [1.29, 1.82) is 0 Å². The van der Waals surface area contributed by atoms with Gasteiger partial charge in [0.25, 0.3) is 0 Å². The monoisotopic (exact) mass is 427 g/mol. The number of morpholine rings is 1. The van der Waals surface area contributed by atoms with Crippen molar-refractivity contribution in [3.63, 3.8) is 0 Å². The molecule has 156 valence electrons. The Balaban J connectivity index is 1.68. The molecule has 9 nitrogen and oxygen atoms in total. The standard InChI is InChI=1S/C20H21N5O4S/c1-9-8-25-14-5-4-12(16-24-23-11(3)30-16)6-13(14)7-20(15(25)10(2)29-9)17(26)21-19(28)22-18(20)27/h4-6,9-10,15H,7-8H2,1-3H3,(H2,21,22,26,27,28)/t9-,10+,15?/m0/s1. The van der Waals surface area contributed by atoms with Crippen molar-refractivity contribution in [1.82, 2.24) is 20.8 Å². The molecule has 2 aromatic rings. The van der Waals surface area contributed by atoms with Gasteiger partial charge in [0, 0.05) is 17.8 Å². The number of ether oxygens (including phenoxy) is 1. The third kappa shape index (κ3) is 2.67. The second-order valence-corrected chi connectivity index (χ2v) is 9.29. The van der Waals surface area contributed by atoms with E-state index in [9.17, 15) is 14.4 Å². The van der Waals surface area contributed by atoms with Crippen molar-refractivity contribution >= 4 is 34.9 Å². The normalized spacial score (nSPS) is 27.4. The van der Waals surface area contributed by atoms with E-state index >= 15 is 0 Å². The molecule has 1 spiro atoms. The van der Waals surface area contributed by atoms with Gasteiger partial charge in [-0.2, -0.15) is 0 Å². The number of nitrogens with one attached hydrogen (secondary N) is 2. The predicted molar refractivity (Wildman–Crippen MR) is 109 cm³/mol. The van der Waals surface area contributed by atoms with Crippen LogP contribution in [-0.2, 0) is 20.7 Å². The van der Waals surface area contributed by atoms with Gasteiger partial charge in [-0.1, -0.05) is 11.3 Å². The fourth-order valence-electron chi connectivity index (χ4n) is 4.99. The summed E-state index contributed by atoms with van der Waals surface area (Å²) < 4.78 is 6.01. The molecular weight excluding hydrogens is 406 g/mol. The van der Waals surface area contributed by atoms with Gasteiger partial charge in [0.2, 0.25) is 11.8 Å². The average Bonchev–Trinajstić information content (AvgIpc) is 3.11. The molecule has 4 amide bonds. The molecule has 1 unspecified atom stereocenters. The molecule has 0 bridgehead atoms. The molecule has 3 aliphatic heterocycles. The Morgan fingerprint density at radius 3 is 2.57 bits per heavy atom. The molecule has 1 aromatic carbocycles. The van der Waals surface area contributed by atoms with Crippen LogP contribution in [0.5, 0.6) is 0 Å². The Morgan fingerprint density at radius 1 is 1.17 bits per heavy atom. The summed E-state index contributed by atoms with van der Waals surface area (Å²) in [6, 6.07) is 4.65. The van der Waals surface area contributed by atoms with E-state index in [1.807, 2.05) is 39.0 Å². The fraction of sp³-hybridized carbons (Fsp3) is 0.450. The van der Waals surface area contributed by atoms with Gasteiger partial charge in [-0.25, -0.2) is 4.79 Å². The summed E-state index contributed by atoms with van der Waals surface area (Å²) in [4.78, 5) is 40.1. The third-order valence-corrected chi connectivity index (χ3v) is 6.97. The van der Waals surface area contributed by atoms with Crippen molar-refractivity contribution in [3.05, 3.63) is 28.8 Å². The highest BCUT2D eigenvalue weighted by molar-refractivity contribution is 7.14. The van der Waals surface area contributed by atoms with Gasteiger partial charge in [0.05, 0.1) is 18.2 Å². The second-order valence-electron chi connectivity index (χ2n) is 8.10. The quantitative estimate of drug-likeness (QED) is 0.662. The van der Waals surface area contributed by atoms with Crippen LogP contribution in [0.2, 0.25) is 0 Å². The van der Waals surface area contributed by atoms with Crippen molar-refractivity contribution < 1.29 is 19.1 Å². The highest BCUT2D eigenvalue weighted by Gasteiger charge is 2.62. The number of anilines is 1. The van der Waals surface area contributed by atoms with Gasteiger partial charge in [0.15, 0.2) is 5.41 Å². The van der Waals surface area contributed by atoms with Crippen molar-refractivity contribution in [3.8, 4) is 10.6 Å². The number of benzene rings is 1. The molecule has 30 heavy (non-hydrogen) atoms. The first-order valence-corrected chi connectivity index (χ1v) is 10.6. The summed E-state index contributed by atoms with van der Waals surface area (Å²) in [6.45, 7) is 6.27. The Morgan fingerprint density at radius 2 is 1.90 bits per heavy atom. The van der Waals surface area contributed by atoms with Crippen molar-refractivity contribution in [2.45, 2.75) is 45.4 Å². The summed E-state index contributed by atoms with van der Waals surface area (Å²) in [5.41, 5.74) is 1.25. The van der Waals surface area contributed by atoms with E-state index in [1.165, 1.54) is 11.3 Å². The molecule has 3 atom stereocenters. The number of rotatable bonds is 1. The number of aromatic nitrogens is 2. The van der Waals surface area contributed by atoms with Crippen LogP contribution in [0.3, 0.4) is 0 Å². The summed E-state index contributed by atoms with van der Waals surface area (Å²) in [5, 5.41) is 14.5. The minimum absolute atomic E-state index is 0.0684. The first-order valence-electron chi connectivity index (χ1n) is 9.82. The lowest BCUT2D eigenvalue weighted by atomic mass is 9.66. The molecule has 5 rings (SSSR count). The van der Waals surface area contributed by atoms with Crippen molar-refractivity contribution in [2.75, 3.05) is 11.4 Å². The zero-order valence-electron chi connectivity index (χ0n) is 16.8. The van der Waals surface area contributed by atoms with Crippen LogP contribution in [0.4, 0.5) is 10.5 Å². The number of amides is 4.